The highest BCUT2D eigenvalue weighted by atomic mass is 16.1. The first-order valence-electron chi connectivity index (χ1n) is 3.92. The van der Waals surface area contributed by atoms with Crippen LogP contribution in [0, 0.1) is 11.3 Å². The van der Waals surface area contributed by atoms with Gasteiger partial charge in [-0.3, -0.25) is 9.48 Å². The van der Waals surface area contributed by atoms with Gasteiger partial charge in [-0.2, -0.15) is 10.4 Å². The summed E-state index contributed by atoms with van der Waals surface area (Å²) in [6.07, 6.45) is 1.40. The van der Waals surface area contributed by atoms with Crippen molar-refractivity contribution in [2.24, 2.45) is 0 Å². The van der Waals surface area contributed by atoms with E-state index in [4.69, 9.17) is 5.26 Å². The van der Waals surface area contributed by atoms with Gasteiger partial charge in [-0.25, -0.2) is 0 Å². The van der Waals surface area contributed by atoms with Gasteiger partial charge in [0.25, 0.3) is 5.91 Å². The van der Waals surface area contributed by atoms with E-state index in [-0.39, 0.29) is 5.91 Å². The van der Waals surface area contributed by atoms with Gasteiger partial charge < -0.3 is 5.32 Å². The van der Waals surface area contributed by atoms with Crippen LogP contribution in [0.4, 0.5) is 0 Å². The molecule has 68 valence electrons. The summed E-state index contributed by atoms with van der Waals surface area (Å²) in [6, 6.07) is 1.95. The minimum Gasteiger partial charge on any atom is -0.355 e. The molecule has 0 saturated heterocycles. The number of hydrogen-bond acceptors (Lipinski definition) is 3. The Kier molecular flexibility index (Phi) is 2.65. The molecule has 0 saturated carbocycles. The molecule has 0 aliphatic heterocycles. The van der Waals surface area contributed by atoms with Crippen molar-refractivity contribution < 1.29 is 4.79 Å². The maximum Gasteiger partial charge on any atom is 0.255 e. The number of amides is 1. The minimum atomic E-state index is -0.281. The molecule has 13 heavy (non-hydrogen) atoms. The molecule has 1 heterocycles. The molecule has 0 fully saturated rings. The smallest absolute Gasteiger partial charge is 0.255 e. The molecular weight excluding hydrogens is 168 g/mol. The molecule has 1 N–H and O–H groups in total. The standard InChI is InChI=1S/C8H10N4O/c1-3-12-7(4-9)6(5-11-12)8(13)10-2/h5H,3H2,1-2H3,(H,10,13). The summed E-state index contributed by atoms with van der Waals surface area (Å²) in [5.74, 6) is -0.281. The summed E-state index contributed by atoms with van der Waals surface area (Å²) in [7, 11) is 1.52. The third kappa shape index (κ3) is 1.51. The van der Waals surface area contributed by atoms with E-state index in [1.165, 1.54) is 17.9 Å². The number of rotatable bonds is 2. The van der Waals surface area contributed by atoms with E-state index in [9.17, 15) is 4.79 Å². The summed E-state index contributed by atoms with van der Waals surface area (Å²) in [4.78, 5) is 11.2. The van der Waals surface area contributed by atoms with Crippen LogP contribution in [0.3, 0.4) is 0 Å². The van der Waals surface area contributed by atoms with Gasteiger partial charge in [0.15, 0.2) is 5.69 Å². The number of carbonyl (C=O) groups excluding carboxylic acids is 1. The van der Waals surface area contributed by atoms with E-state index in [2.05, 4.69) is 10.4 Å². The summed E-state index contributed by atoms with van der Waals surface area (Å²) in [5.41, 5.74) is 0.633. The van der Waals surface area contributed by atoms with E-state index in [1.54, 1.807) is 0 Å². The Morgan fingerprint density at radius 1 is 1.85 bits per heavy atom. The van der Waals surface area contributed by atoms with Gasteiger partial charge in [-0.15, -0.1) is 0 Å². The number of aromatic nitrogens is 2. The second-order valence-corrected chi connectivity index (χ2v) is 2.41. The van der Waals surface area contributed by atoms with E-state index in [0.29, 0.717) is 17.8 Å². The average molecular weight is 178 g/mol. The monoisotopic (exact) mass is 178 g/mol. The molecule has 0 bridgehead atoms. The summed E-state index contributed by atoms with van der Waals surface area (Å²) < 4.78 is 1.49. The van der Waals surface area contributed by atoms with E-state index in [1.807, 2.05) is 13.0 Å². The summed E-state index contributed by atoms with van der Waals surface area (Å²) in [5, 5.41) is 15.1. The van der Waals surface area contributed by atoms with Gasteiger partial charge in [0.1, 0.15) is 6.07 Å². The first-order valence-corrected chi connectivity index (χ1v) is 3.92. The summed E-state index contributed by atoms with van der Waals surface area (Å²) in [6.45, 7) is 2.45. The lowest BCUT2D eigenvalue weighted by atomic mass is 10.2. The fourth-order valence-electron chi connectivity index (χ4n) is 1.04. The number of hydrogen-bond donors (Lipinski definition) is 1. The van der Waals surface area contributed by atoms with Crippen molar-refractivity contribution in [3.63, 3.8) is 0 Å². The van der Waals surface area contributed by atoms with Crippen LogP contribution in [0.15, 0.2) is 6.20 Å². The molecule has 1 aromatic rings. The predicted octanol–water partition coefficient (Wildman–Crippen LogP) is 0.134. The van der Waals surface area contributed by atoms with Crippen LogP contribution in [-0.4, -0.2) is 22.7 Å². The zero-order chi connectivity index (χ0) is 9.84. The van der Waals surface area contributed by atoms with E-state index >= 15 is 0 Å². The zero-order valence-electron chi connectivity index (χ0n) is 7.53. The van der Waals surface area contributed by atoms with E-state index < -0.39 is 0 Å². The van der Waals surface area contributed by atoms with Gasteiger partial charge in [-0.05, 0) is 6.92 Å². The second-order valence-electron chi connectivity index (χ2n) is 2.41. The molecule has 0 aliphatic carbocycles. The van der Waals surface area contributed by atoms with Crippen molar-refractivity contribution in [2.45, 2.75) is 13.5 Å². The second kappa shape index (κ2) is 3.72. The first-order chi connectivity index (χ1) is 6.24. The van der Waals surface area contributed by atoms with Crippen molar-refractivity contribution in [3.05, 3.63) is 17.5 Å². The Hall–Kier alpha value is -1.83. The number of nitrogens with zero attached hydrogens (tertiary/aromatic N) is 3. The van der Waals surface area contributed by atoms with Crippen LogP contribution in [0.5, 0.6) is 0 Å². The fourth-order valence-corrected chi connectivity index (χ4v) is 1.04. The molecule has 5 nitrogen and oxygen atoms in total. The normalized spacial score (nSPS) is 9.31. The largest absolute Gasteiger partial charge is 0.355 e. The van der Waals surface area contributed by atoms with Crippen molar-refractivity contribution in [3.8, 4) is 6.07 Å². The summed E-state index contributed by atoms with van der Waals surface area (Å²) >= 11 is 0. The topological polar surface area (TPSA) is 70.7 Å². The molecule has 0 aliphatic rings. The van der Waals surface area contributed by atoms with Crippen LogP contribution in [-0.2, 0) is 6.54 Å². The van der Waals surface area contributed by atoms with Crippen molar-refractivity contribution >= 4 is 5.91 Å². The van der Waals surface area contributed by atoms with E-state index in [0.717, 1.165) is 0 Å². The molecular formula is C8H10N4O. The van der Waals surface area contributed by atoms with Crippen LogP contribution in [0.1, 0.15) is 23.0 Å². The molecule has 0 spiro atoms. The Labute approximate surface area is 76.0 Å². The molecule has 0 unspecified atom stereocenters. The van der Waals surface area contributed by atoms with Crippen molar-refractivity contribution in [2.75, 3.05) is 7.05 Å². The fraction of sp³-hybridized carbons (Fsp3) is 0.375. The molecule has 5 heteroatoms. The minimum absolute atomic E-state index is 0.281. The highest BCUT2D eigenvalue weighted by Crippen LogP contribution is 2.06. The predicted molar refractivity (Wildman–Crippen MR) is 46.0 cm³/mol. The quantitative estimate of drug-likeness (QED) is 0.699. The highest BCUT2D eigenvalue weighted by molar-refractivity contribution is 5.95. The molecule has 1 amide bonds. The van der Waals surface area contributed by atoms with Crippen LogP contribution in [0.2, 0.25) is 0 Å². The molecule has 0 atom stereocenters. The Bertz CT molecular complexity index is 361. The molecule has 1 rings (SSSR count). The maximum absolute atomic E-state index is 11.2. The first kappa shape index (κ1) is 9.26. The van der Waals surface area contributed by atoms with Crippen LogP contribution < -0.4 is 5.32 Å². The zero-order valence-corrected chi connectivity index (χ0v) is 7.53. The Morgan fingerprint density at radius 3 is 3.00 bits per heavy atom. The number of carbonyl (C=O) groups is 1. The maximum atomic E-state index is 11.2. The third-order valence-corrected chi connectivity index (χ3v) is 1.72. The molecule has 0 radical (unpaired) electrons. The number of aryl methyl sites for hydroxylation is 1. The van der Waals surface area contributed by atoms with Gasteiger partial charge >= 0.3 is 0 Å². The average Bonchev–Trinajstić information content (AvgIpc) is 2.58. The van der Waals surface area contributed by atoms with Crippen LogP contribution >= 0.6 is 0 Å². The van der Waals surface area contributed by atoms with Gasteiger partial charge in [0, 0.05) is 13.6 Å². The Morgan fingerprint density at radius 2 is 2.54 bits per heavy atom. The Balaban J connectivity index is 3.17. The number of nitriles is 1. The lowest BCUT2D eigenvalue weighted by Gasteiger charge is -1.97. The number of nitrogens with one attached hydrogen (secondary N) is 1. The van der Waals surface area contributed by atoms with Crippen molar-refractivity contribution in [1.29, 1.82) is 5.26 Å². The lowest BCUT2D eigenvalue weighted by Crippen LogP contribution is -2.18. The highest BCUT2D eigenvalue weighted by Gasteiger charge is 2.14. The van der Waals surface area contributed by atoms with Gasteiger partial charge in [-0.1, -0.05) is 0 Å². The van der Waals surface area contributed by atoms with Crippen molar-refractivity contribution in [1.82, 2.24) is 15.1 Å². The molecule has 1 aromatic heterocycles. The van der Waals surface area contributed by atoms with Crippen LogP contribution in [0.25, 0.3) is 0 Å². The van der Waals surface area contributed by atoms with Gasteiger partial charge in [0.2, 0.25) is 0 Å². The SMILES string of the molecule is CCn1ncc(C(=O)NC)c1C#N. The molecule has 0 aromatic carbocycles. The van der Waals surface area contributed by atoms with Gasteiger partial charge in [0.05, 0.1) is 11.8 Å². The third-order valence-electron chi connectivity index (χ3n) is 1.72. The lowest BCUT2D eigenvalue weighted by molar-refractivity contribution is 0.0962.